The predicted molar refractivity (Wildman–Crippen MR) is 79.1 cm³/mol. The van der Waals surface area contributed by atoms with Gasteiger partial charge in [-0.1, -0.05) is 34.1 Å². The van der Waals surface area contributed by atoms with Crippen molar-refractivity contribution in [3.63, 3.8) is 0 Å². The normalized spacial score (nSPS) is 16.6. The van der Waals surface area contributed by atoms with E-state index < -0.39 is 0 Å². The van der Waals surface area contributed by atoms with Crippen LogP contribution in [-0.4, -0.2) is 12.7 Å². The smallest absolute Gasteiger partial charge is 0.137 e. The zero-order valence-electron chi connectivity index (χ0n) is 10.8. The van der Waals surface area contributed by atoms with Gasteiger partial charge in [0.15, 0.2) is 0 Å². The second kappa shape index (κ2) is 5.83. The Labute approximate surface area is 125 Å². The molecular formula is C16H14BrFO2. The standard InChI is InChI=1S/C16H14BrFO2/c17-9-11-5-13(18)8-14(6-11)19-10-15-7-12-3-1-2-4-16(12)20-15/h1-6,8,15H,7,9-10H2. The van der Waals surface area contributed by atoms with Crippen LogP contribution < -0.4 is 9.47 Å². The zero-order valence-corrected chi connectivity index (χ0v) is 12.4. The van der Waals surface area contributed by atoms with E-state index in [2.05, 4.69) is 22.0 Å². The molecule has 0 radical (unpaired) electrons. The Morgan fingerprint density at radius 1 is 1.25 bits per heavy atom. The van der Waals surface area contributed by atoms with Gasteiger partial charge in [-0.2, -0.15) is 0 Å². The molecule has 0 bridgehead atoms. The first-order valence-electron chi connectivity index (χ1n) is 6.47. The number of alkyl halides is 1. The summed E-state index contributed by atoms with van der Waals surface area (Å²) < 4.78 is 24.8. The lowest BCUT2D eigenvalue weighted by Crippen LogP contribution is -2.22. The summed E-state index contributed by atoms with van der Waals surface area (Å²) in [6.45, 7) is 0.417. The van der Waals surface area contributed by atoms with Gasteiger partial charge in [0.1, 0.15) is 30.0 Å². The van der Waals surface area contributed by atoms with Gasteiger partial charge in [0.25, 0.3) is 0 Å². The van der Waals surface area contributed by atoms with Crippen molar-refractivity contribution in [2.75, 3.05) is 6.61 Å². The second-order valence-electron chi connectivity index (χ2n) is 4.79. The van der Waals surface area contributed by atoms with E-state index in [1.54, 1.807) is 0 Å². The van der Waals surface area contributed by atoms with E-state index in [4.69, 9.17) is 9.47 Å². The van der Waals surface area contributed by atoms with Crippen LogP contribution in [0.1, 0.15) is 11.1 Å². The predicted octanol–water partition coefficient (Wildman–Crippen LogP) is 4.10. The maximum atomic E-state index is 13.4. The first-order chi connectivity index (χ1) is 9.74. The van der Waals surface area contributed by atoms with Gasteiger partial charge < -0.3 is 9.47 Å². The molecule has 0 aromatic heterocycles. The van der Waals surface area contributed by atoms with Crippen LogP contribution in [-0.2, 0) is 11.8 Å². The first kappa shape index (κ1) is 13.4. The fourth-order valence-electron chi connectivity index (χ4n) is 2.32. The lowest BCUT2D eigenvalue weighted by molar-refractivity contribution is 0.148. The number of hydrogen-bond donors (Lipinski definition) is 0. The van der Waals surface area contributed by atoms with Crippen molar-refractivity contribution in [1.82, 2.24) is 0 Å². The van der Waals surface area contributed by atoms with E-state index in [1.165, 1.54) is 17.7 Å². The average molecular weight is 337 g/mol. The summed E-state index contributed by atoms with van der Waals surface area (Å²) in [5.74, 6) is 1.17. The van der Waals surface area contributed by atoms with Crippen LogP contribution in [0.15, 0.2) is 42.5 Å². The van der Waals surface area contributed by atoms with Crippen LogP contribution >= 0.6 is 15.9 Å². The van der Waals surface area contributed by atoms with Crippen molar-refractivity contribution in [2.24, 2.45) is 0 Å². The third-order valence-electron chi connectivity index (χ3n) is 3.24. The number of benzene rings is 2. The van der Waals surface area contributed by atoms with Crippen LogP contribution in [0.4, 0.5) is 4.39 Å². The molecule has 1 unspecified atom stereocenters. The quantitative estimate of drug-likeness (QED) is 0.782. The molecule has 1 heterocycles. The molecule has 0 amide bonds. The van der Waals surface area contributed by atoms with Crippen LogP contribution in [0, 0.1) is 5.82 Å². The molecular weight excluding hydrogens is 323 g/mol. The summed E-state index contributed by atoms with van der Waals surface area (Å²) in [4.78, 5) is 0. The molecule has 0 aliphatic carbocycles. The summed E-state index contributed by atoms with van der Waals surface area (Å²) in [6.07, 6.45) is 0.819. The highest BCUT2D eigenvalue weighted by atomic mass is 79.9. The van der Waals surface area contributed by atoms with Crippen molar-refractivity contribution < 1.29 is 13.9 Å². The molecule has 3 rings (SSSR count). The summed E-state index contributed by atoms with van der Waals surface area (Å²) in [7, 11) is 0. The highest BCUT2D eigenvalue weighted by Crippen LogP contribution is 2.28. The van der Waals surface area contributed by atoms with E-state index in [0.717, 1.165) is 17.7 Å². The summed E-state index contributed by atoms with van der Waals surface area (Å²) in [5.41, 5.74) is 2.05. The Kier molecular flexibility index (Phi) is 3.92. The molecule has 0 spiro atoms. The Balaban J connectivity index is 1.63. The number of hydrogen-bond acceptors (Lipinski definition) is 2. The Morgan fingerprint density at radius 2 is 2.10 bits per heavy atom. The fraction of sp³-hybridized carbons (Fsp3) is 0.250. The fourth-order valence-corrected chi connectivity index (χ4v) is 2.64. The molecule has 2 aromatic carbocycles. The molecule has 0 N–H and O–H groups in total. The van der Waals surface area contributed by atoms with Gasteiger partial charge in [-0.25, -0.2) is 4.39 Å². The summed E-state index contributed by atoms with van der Waals surface area (Å²) >= 11 is 3.32. The van der Waals surface area contributed by atoms with Crippen LogP contribution in [0.2, 0.25) is 0 Å². The van der Waals surface area contributed by atoms with Gasteiger partial charge in [0, 0.05) is 17.8 Å². The first-order valence-corrected chi connectivity index (χ1v) is 7.59. The molecule has 2 aromatic rings. The van der Waals surface area contributed by atoms with E-state index in [0.29, 0.717) is 17.7 Å². The second-order valence-corrected chi connectivity index (χ2v) is 5.35. The minimum atomic E-state index is -0.285. The number of para-hydroxylation sites is 1. The average Bonchev–Trinajstić information content (AvgIpc) is 2.87. The van der Waals surface area contributed by atoms with Gasteiger partial charge in [-0.15, -0.1) is 0 Å². The molecule has 1 atom stereocenters. The SMILES string of the molecule is Fc1cc(CBr)cc(OCC2Cc3ccccc3O2)c1. The number of halogens is 2. The molecule has 1 aliphatic rings. The lowest BCUT2D eigenvalue weighted by Gasteiger charge is -2.13. The molecule has 0 saturated carbocycles. The van der Waals surface area contributed by atoms with Crippen LogP contribution in [0.5, 0.6) is 11.5 Å². The topological polar surface area (TPSA) is 18.5 Å². The lowest BCUT2D eigenvalue weighted by atomic mass is 10.1. The largest absolute Gasteiger partial charge is 0.490 e. The minimum Gasteiger partial charge on any atom is -0.490 e. The summed E-state index contributed by atoms with van der Waals surface area (Å²) in [6, 6.07) is 12.7. The van der Waals surface area contributed by atoms with Gasteiger partial charge in [0.2, 0.25) is 0 Å². The van der Waals surface area contributed by atoms with Crippen molar-refractivity contribution in [3.05, 3.63) is 59.4 Å². The van der Waals surface area contributed by atoms with Gasteiger partial charge in [-0.05, 0) is 29.3 Å². The number of ether oxygens (including phenoxy) is 2. The van der Waals surface area contributed by atoms with Crippen LogP contribution in [0.25, 0.3) is 0 Å². The molecule has 104 valence electrons. The highest BCUT2D eigenvalue weighted by molar-refractivity contribution is 9.08. The maximum absolute atomic E-state index is 13.4. The number of fused-ring (bicyclic) bond motifs is 1. The summed E-state index contributed by atoms with van der Waals surface area (Å²) in [5, 5.41) is 0.604. The Morgan fingerprint density at radius 3 is 2.90 bits per heavy atom. The van der Waals surface area contributed by atoms with Crippen molar-refractivity contribution in [2.45, 2.75) is 17.9 Å². The highest BCUT2D eigenvalue weighted by Gasteiger charge is 2.22. The molecule has 0 saturated heterocycles. The van der Waals surface area contributed by atoms with Gasteiger partial charge in [-0.3, -0.25) is 0 Å². The number of rotatable bonds is 4. The monoisotopic (exact) mass is 336 g/mol. The van der Waals surface area contributed by atoms with E-state index in [9.17, 15) is 4.39 Å². The Hall–Kier alpha value is -1.55. The van der Waals surface area contributed by atoms with Crippen molar-refractivity contribution >= 4 is 15.9 Å². The van der Waals surface area contributed by atoms with Crippen molar-refractivity contribution in [1.29, 1.82) is 0 Å². The van der Waals surface area contributed by atoms with E-state index >= 15 is 0 Å². The molecule has 1 aliphatic heterocycles. The van der Waals surface area contributed by atoms with Gasteiger partial charge in [0.05, 0.1) is 0 Å². The zero-order chi connectivity index (χ0) is 13.9. The molecule has 4 heteroatoms. The molecule has 2 nitrogen and oxygen atoms in total. The van der Waals surface area contributed by atoms with Crippen LogP contribution in [0.3, 0.4) is 0 Å². The third kappa shape index (κ3) is 2.96. The third-order valence-corrected chi connectivity index (χ3v) is 3.88. The maximum Gasteiger partial charge on any atom is 0.137 e. The Bertz CT molecular complexity index is 590. The van der Waals surface area contributed by atoms with Gasteiger partial charge >= 0.3 is 0 Å². The minimum absolute atomic E-state index is 0.0110. The van der Waals surface area contributed by atoms with E-state index in [-0.39, 0.29) is 11.9 Å². The molecule has 20 heavy (non-hydrogen) atoms. The van der Waals surface area contributed by atoms with E-state index in [1.807, 2.05) is 24.3 Å². The molecule has 0 fully saturated rings. The van der Waals surface area contributed by atoms with Crippen molar-refractivity contribution in [3.8, 4) is 11.5 Å².